The molecule has 2 saturated carbocycles. The highest BCUT2D eigenvalue weighted by atomic mass is 35.5. The molecular weight excluding hydrogens is 996 g/mol. The number of likely N-dealkylation sites (N-methyl/N-ethyl adjacent to an activating group) is 2. The third-order valence-corrected chi connectivity index (χ3v) is 13.4. The van der Waals surface area contributed by atoms with Gasteiger partial charge in [0, 0.05) is 44.2 Å². The van der Waals surface area contributed by atoms with Crippen LogP contribution in [0.1, 0.15) is 139 Å². The van der Waals surface area contributed by atoms with Crippen molar-refractivity contribution >= 4 is 58.7 Å². The molecule has 4 aromatic carbocycles. The number of halogens is 2. The highest BCUT2D eigenvalue weighted by molar-refractivity contribution is 6.32. The molecule has 0 radical (unpaired) electrons. The predicted octanol–water partition coefficient (Wildman–Crippen LogP) is 10.2. The zero-order valence-corrected chi connectivity index (χ0v) is 44.4. The molecule has 6 rings (SSSR count). The van der Waals surface area contributed by atoms with Crippen LogP contribution in [0, 0.1) is 23.7 Å². The summed E-state index contributed by atoms with van der Waals surface area (Å²) in [5.74, 6) is -0.842. The maximum Gasteiger partial charge on any atom is 0.306 e. The van der Waals surface area contributed by atoms with Crippen LogP contribution >= 0.6 is 23.2 Å². The molecule has 8 N–H and O–H groups in total. The van der Waals surface area contributed by atoms with Gasteiger partial charge in [-0.2, -0.15) is 0 Å². The Hall–Kier alpha value is -6.16. The van der Waals surface area contributed by atoms with Crippen molar-refractivity contribution in [2.75, 3.05) is 14.1 Å². The quantitative estimate of drug-likeness (QED) is 0.0470. The van der Waals surface area contributed by atoms with Gasteiger partial charge in [0.1, 0.15) is 23.6 Å². The summed E-state index contributed by atoms with van der Waals surface area (Å²) >= 11 is 12.5. The van der Waals surface area contributed by atoms with E-state index in [4.69, 9.17) is 43.5 Å². The molecule has 2 aliphatic rings. The highest BCUT2D eigenvalue weighted by Crippen LogP contribution is 2.34. The Kier molecular flexibility index (Phi) is 29.2. The van der Waals surface area contributed by atoms with E-state index in [9.17, 15) is 28.8 Å². The van der Waals surface area contributed by atoms with Gasteiger partial charge >= 0.3 is 5.97 Å². The summed E-state index contributed by atoms with van der Waals surface area (Å²) in [6.07, 6.45) is 6.78. The molecule has 412 valence electrons. The lowest BCUT2D eigenvalue weighted by Crippen LogP contribution is -2.47. The van der Waals surface area contributed by atoms with Gasteiger partial charge in [0.2, 0.25) is 17.7 Å². The molecule has 2 unspecified atom stereocenters. The van der Waals surface area contributed by atoms with Crippen LogP contribution in [0.25, 0.3) is 0 Å². The van der Waals surface area contributed by atoms with Gasteiger partial charge in [0.15, 0.2) is 0 Å². The maximum absolute atomic E-state index is 12.9. The van der Waals surface area contributed by atoms with Crippen LogP contribution in [-0.4, -0.2) is 79.0 Å². The number of benzene rings is 4. The van der Waals surface area contributed by atoms with E-state index in [-0.39, 0.29) is 74.4 Å². The molecule has 4 aromatic rings. The second-order valence-corrected chi connectivity index (χ2v) is 19.9. The Morgan fingerprint density at radius 2 is 0.973 bits per heavy atom. The first-order valence-electron chi connectivity index (χ1n) is 25.2. The molecule has 0 aliphatic heterocycles. The minimum Gasteiger partial charge on any atom is -0.489 e. The van der Waals surface area contributed by atoms with Crippen LogP contribution in [0.3, 0.4) is 0 Å². The molecule has 2 aliphatic carbocycles. The van der Waals surface area contributed by atoms with E-state index in [2.05, 4.69) is 26.6 Å². The zero-order valence-electron chi connectivity index (χ0n) is 42.9. The van der Waals surface area contributed by atoms with Crippen LogP contribution < -0.4 is 41.8 Å². The normalized spacial score (nSPS) is 17.5. The summed E-state index contributed by atoms with van der Waals surface area (Å²) in [4.78, 5) is 74.1. The lowest BCUT2D eigenvalue weighted by Gasteiger charge is -2.30. The SMILES string of the molecule is C.C.CNC(=O)C(CC1CCC(C(=O)NCc2ccccc2)CC1)NC(=O)c1ccc(OC(C)C)c(Cl)c1.CNC(=O)C(CC1CCC(C(=O)O)CC1)NC(=O)c1ccc(OC(C)C)c(Cl)c1.NCc1ccccc1. The molecular formula is C58H82Cl2N6O9. The third-order valence-electron chi connectivity index (χ3n) is 12.8. The molecule has 2 fully saturated rings. The number of amides is 5. The van der Waals surface area contributed by atoms with Crippen molar-refractivity contribution in [3.8, 4) is 11.5 Å². The molecule has 17 heteroatoms. The summed E-state index contributed by atoms with van der Waals surface area (Å²) in [6, 6.07) is 28.1. The van der Waals surface area contributed by atoms with Gasteiger partial charge in [-0.3, -0.25) is 28.8 Å². The first-order chi connectivity index (χ1) is 34.9. The Labute approximate surface area is 455 Å². The Morgan fingerprint density at radius 3 is 1.31 bits per heavy atom. The summed E-state index contributed by atoms with van der Waals surface area (Å²) in [5.41, 5.74) is 8.32. The second kappa shape index (κ2) is 33.7. The maximum atomic E-state index is 12.9. The van der Waals surface area contributed by atoms with Crippen LogP contribution in [0.5, 0.6) is 11.5 Å². The van der Waals surface area contributed by atoms with Crippen molar-refractivity contribution in [3.63, 3.8) is 0 Å². The summed E-state index contributed by atoms with van der Waals surface area (Å²) in [7, 11) is 3.09. The topological polar surface area (TPSA) is 227 Å². The Morgan fingerprint density at radius 1 is 0.587 bits per heavy atom. The molecule has 15 nitrogen and oxygen atoms in total. The fraction of sp³-hybridized carbons (Fsp3) is 0.483. The number of carboxylic acids is 1. The smallest absolute Gasteiger partial charge is 0.306 e. The number of nitrogens with one attached hydrogen (secondary N) is 5. The summed E-state index contributed by atoms with van der Waals surface area (Å²) < 4.78 is 11.2. The Bertz CT molecular complexity index is 2390. The van der Waals surface area contributed by atoms with Gasteiger partial charge in [0.25, 0.3) is 11.8 Å². The van der Waals surface area contributed by atoms with E-state index in [0.29, 0.717) is 71.4 Å². The monoisotopic (exact) mass is 1080 g/mol. The standard InChI is InChI=1S/C28H36ClN3O4.C21H29ClN2O5.C7H9N.2CH4/c1-18(2)36-25-14-13-22(16-23(25)29)27(34)32-24(28(35)30-3)15-19-9-11-21(12-10-19)26(33)31-17-20-7-5-4-6-8-20;1-12(2)29-18-9-8-15(11-16(18)22)19(25)24-17(20(26)23-3)10-13-4-6-14(7-5-13)21(27)28;8-6-7-4-2-1-3-5-7;;/h4-8,13-14,16,18-19,21,24H,9-12,15,17H2,1-3H3,(H,30,35)(H,31,33)(H,32,34);8-9,11-14,17H,4-7,10H2,1-3H3,(H,23,26)(H,24,25)(H,27,28);1-5H,6,8H2;2*1H4. The lowest BCUT2D eigenvalue weighted by molar-refractivity contribution is -0.143. The number of nitrogens with two attached hydrogens (primary N) is 1. The van der Waals surface area contributed by atoms with Gasteiger partial charge in [0.05, 0.1) is 28.2 Å². The van der Waals surface area contributed by atoms with Crippen LogP contribution in [0.4, 0.5) is 0 Å². The van der Waals surface area contributed by atoms with Crippen molar-refractivity contribution in [2.24, 2.45) is 29.4 Å². The fourth-order valence-corrected chi connectivity index (χ4v) is 9.24. The molecule has 0 spiro atoms. The van der Waals surface area contributed by atoms with E-state index in [1.807, 2.05) is 88.4 Å². The first kappa shape index (κ1) is 65.0. The van der Waals surface area contributed by atoms with E-state index in [0.717, 1.165) is 44.1 Å². The van der Waals surface area contributed by atoms with Crippen LogP contribution in [-0.2, 0) is 32.3 Å². The van der Waals surface area contributed by atoms with Crippen molar-refractivity contribution in [1.29, 1.82) is 0 Å². The number of hydrogen-bond donors (Lipinski definition) is 7. The summed E-state index contributed by atoms with van der Waals surface area (Å²) in [6.45, 7) is 8.73. The number of rotatable bonds is 19. The van der Waals surface area contributed by atoms with Gasteiger partial charge in [-0.05, 0) is 151 Å². The van der Waals surface area contributed by atoms with E-state index in [1.54, 1.807) is 37.4 Å². The molecule has 75 heavy (non-hydrogen) atoms. The third kappa shape index (κ3) is 22.3. The molecule has 0 saturated heterocycles. The average Bonchev–Trinajstić information content (AvgIpc) is 3.39. The van der Waals surface area contributed by atoms with Crippen LogP contribution in [0.15, 0.2) is 97.1 Å². The van der Waals surface area contributed by atoms with Gasteiger partial charge in [-0.25, -0.2) is 0 Å². The highest BCUT2D eigenvalue weighted by Gasteiger charge is 2.32. The number of carbonyl (C=O) groups excluding carboxylic acids is 5. The van der Waals surface area contributed by atoms with Gasteiger partial charge in [-0.15, -0.1) is 0 Å². The summed E-state index contributed by atoms with van der Waals surface area (Å²) in [5, 5.41) is 23.7. The minimum absolute atomic E-state index is 0. The number of ether oxygens (including phenoxy) is 2. The minimum atomic E-state index is -0.763. The van der Waals surface area contributed by atoms with E-state index < -0.39 is 24.0 Å². The Balaban J connectivity index is 0.000000442. The molecule has 0 aromatic heterocycles. The first-order valence-corrected chi connectivity index (χ1v) is 25.9. The van der Waals surface area contributed by atoms with Crippen LogP contribution in [0.2, 0.25) is 10.0 Å². The van der Waals surface area contributed by atoms with Crippen molar-refractivity contribution in [2.45, 2.75) is 144 Å². The molecule has 5 amide bonds. The fourth-order valence-electron chi connectivity index (χ4n) is 8.79. The second-order valence-electron chi connectivity index (χ2n) is 19.0. The number of hydrogen-bond acceptors (Lipinski definition) is 9. The van der Waals surface area contributed by atoms with Crippen molar-refractivity contribution < 1.29 is 43.3 Å². The largest absolute Gasteiger partial charge is 0.489 e. The van der Waals surface area contributed by atoms with Gasteiger partial charge < -0.3 is 46.9 Å². The van der Waals surface area contributed by atoms with Gasteiger partial charge in [-0.1, -0.05) is 98.7 Å². The molecule has 2 atom stereocenters. The number of aliphatic carboxylic acids is 1. The molecule has 0 heterocycles. The number of carboxylic acid groups (broad SMARTS) is 1. The average molecular weight is 1080 g/mol. The zero-order chi connectivity index (χ0) is 53.5. The van der Waals surface area contributed by atoms with E-state index >= 15 is 0 Å². The van der Waals surface area contributed by atoms with E-state index in [1.165, 1.54) is 18.7 Å². The lowest BCUT2D eigenvalue weighted by atomic mass is 9.78. The predicted molar refractivity (Wildman–Crippen MR) is 299 cm³/mol. The number of carbonyl (C=O) groups is 6. The van der Waals surface area contributed by atoms with Crippen molar-refractivity contribution in [3.05, 3.63) is 129 Å². The molecule has 0 bridgehead atoms. The van der Waals surface area contributed by atoms with Crippen molar-refractivity contribution in [1.82, 2.24) is 26.6 Å².